The quantitative estimate of drug-likeness (QED) is 0.536. The fourth-order valence-corrected chi connectivity index (χ4v) is 4.01. The highest BCUT2D eigenvalue weighted by Gasteiger charge is 2.37. The molecule has 0 fully saturated rings. The van der Waals surface area contributed by atoms with E-state index in [-0.39, 0.29) is 12.5 Å². The van der Waals surface area contributed by atoms with Gasteiger partial charge < -0.3 is 15.1 Å². The molecule has 0 spiro atoms. The molecule has 0 bridgehead atoms. The molecule has 2 heterocycles. The standard InChI is InChI=1S/C22H22IN3O3/c1-22(2,29)20-18-11-12-25(16-9-5-15(23)6-10-16)21(28)19(18)26(24-20)17-7-3-14(13-27)4-8-17/h3-10,27,29H,11-13H2,1-2H3. The van der Waals surface area contributed by atoms with Crippen LogP contribution in [0.2, 0.25) is 0 Å². The van der Waals surface area contributed by atoms with E-state index in [4.69, 9.17) is 0 Å². The van der Waals surface area contributed by atoms with Gasteiger partial charge in [-0.05, 0) is 84.8 Å². The van der Waals surface area contributed by atoms with Gasteiger partial charge in [0.1, 0.15) is 11.3 Å². The van der Waals surface area contributed by atoms with Crippen molar-refractivity contribution in [1.82, 2.24) is 9.78 Å². The molecule has 3 aromatic rings. The first-order valence-electron chi connectivity index (χ1n) is 9.42. The SMILES string of the molecule is CC(C)(O)c1nn(-c2ccc(CO)cc2)c2c1CCN(c1ccc(I)cc1)C2=O. The summed E-state index contributed by atoms with van der Waals surface area (Å²) >= 11 is 2.24. The van der Waals surface area contributed by atoms with E-state index in [9.17, 15) is 15.0 Å². The Hall–Kier alpha value is -2.23. The molecule has 4 rings (SSSR count). The molecule has 1 aliphatic rings. The van der Waals surface area contributed by atoms with Crippen molar-refractivity contribution in [2.45, 2.75) is 32.5 Å². The molecule has 1 amide bonds. The van der Waals surface area contributed by atoms with Crippen molar-refractivity contribution in [1.29, 1.82) is 0 Å². The molecular weight excluding hydrogens is 481 g/mol. The maximum absolute atomic E-state index is 13.5. The molecule has 0 radical (unpaired) electrons. The molecule has 6 nitrogen and oxygen atoms in total. The topological polar surface area (TPSA) is 78.6 Å². The predicted octanol–water partition coefficient (Wildman–Crippen LogP) is 3.40. The van der Waals surface area contributed by atoms with Gasteiger partial charge in [-0.2, -0.15) is 5.10 Å². The van der Waals surface area contributed by atoms with Gasteiger partial charge in [-0.15, -0.1) is 0 Å². The van der Waals surface area contributed by atoms with Crippen molar-refractivity contribution in [3.8, 4) is 5.69 Å². The van der Waals surface area contributed by atoms with E-state index in [1.165, 1.54) is 0 Å². The van der Waals surface area contributed by atoms with Crippen LogP contribution in [0.4, 0.5) is 5.69 Å². The lowest BCUT2D eigenvalue weighted by Crippen LogP contribution is -2.39. The largest absolute Gasteiger partial charge is 0.392 e. The van der Waals surface area contributed by atoms with Gasteiger partial charge >= 0.3 is 0 Å². The van der Waals surface area contributed by atoms with Crippen molar-refractivity contribution >= 4 is 34.2 Å². The van der Waals surface area contributed by atoms with E-state index in [1.54, 1.807) is 35.6 Å². The molecule has 1 aromatic heterocycles. The number of benzene rings is 2. The third-order valence-corrected chi connectivity index (χ3v) is 5.82. The van der Waals surface area contributed by atoms with E-state index in [0.29, 0.717) is 30.0 Å². The fourth-order valence-electron chi connectivity index (χ4n) is 3.65. The van der Waals surface area contributed by atoms with Crippen LogP contribution in [0, 0.1) is 3.57 Å². The van der Waals surface area contributed by atoms with Crippen molar-refractivity contribution < 1.29 is 15.0 Å². The Labute approximate surface area is 182 Å². The minimum Gasteiger partial charge on any atom is -0.392 e. The predicted molar refractivity (Wildman–Crippen MR) is 119 cm³/mol. The van der Waals surface area contributed by atoms with Gasteiger partial charge in [0, 0.05) is 21.4 Å². The summed E-state index contributed by atoms with van der Waals surface area (Å²) in [6.07, 6.45) is 0.612. The maximum atomic E-state index is 13.5. The Morgan fingerprint density at radius 2 is 1.69 bits per heavy atom. The normalized spacial score (nSPS) is 14.2. The molecule has 0 aliphatic carbocycles. The van der Waals surface area contributed by atoms with Gasteiger partial charge in [0.15, 0.2) is 0 Å². The molecule has 0 unspecified atom stereocenters. The second-order valence-corrected chi connectivity index (χ2v) is 8.90. The van der Waals surface area contributed by atoms with Crippen LogP contribution in [0.5, 0.6) is 0 Å². The zero-order valence-corrected chi connectivity index (χ0v) is 18.4. The van der Waals surface area contributed by atoms with Crippen LogP contribution < -0.4 is 4.90 Å². The van der Waals surface area contributed by atoms with E-state index in [2.05, 4.69) is 27.7 Å². The Morgan fingerprint density at radius 1 is 1.07 bits per heavy atom. The molecule has 0 saturated carbocycles. The number of nitrogens with zero attached hydrogens (tertiary/aromatic N) is 3. The van der Waals surface area contributed by atoms with Gasteiger partial charge in [0.05, 0.1) is 18.0 Å². The van der Waals surface area contributed by atoms with Crippen LogP contribution >= 0.6 is 22.6 Å². The number of hydrogen-bond acceptors (Lipinski definition) is 4. The lowest BCUT2D eigenvalue weighted by Gasteiger charge is -2.28. The number of amides is 1. The first-order valence-corrected chi connectivity index (χ1v) is 10.5. The lowest BCUT2D eigenvalue weighted by atomic mass is 9.94. The van der Waals surface area contributed by atoms with E-state index < -0.39 is 5.60 Å². The van der Waals surface area contributed by atoms with E-state index in [0.717, 1.165) is 20.4 Å². The lowest BCUT2D eigenvalue weighted by molar-refractivity contribution is 0.0725. The monoisotopic (exact) mass is 503 g/mol. The Bertz CT molecular complexity index is 1050. The van der Waals surface area contributed by atoms with Crippen LogP contribution in [-0.2, 0) is 18.6 Å². The fraction of sp³-hybridized carbons (Fsp3) is 0.273. The molecule has 0 atom stereocenters. The molecule has 2 aromatic carbocycles. The number of halogens is 1. The van der Waals surface area contributed by atoms with E-state index >= 15 is 0 Å². The van der Waals surface area contributed by atoms with Crippen molar-refractivity contribution in [2.75, 3.05) is 11.4 Å². The molecular formula is C22H22IN3O3. The Morgan fingerprint density at radius 3 is 2.28 bits per heavy atom. The highest BCUT2D eigenvalue weighted by molar-refractivity contribution is 14.1. The average Bonchev–Trinajstić information content (AvgIpc) is 3.10. The van der Waals surface area contributed by atoms with Gasteiger partial charge in [-0.3, -0.25) is 4.79 Å². The zero-order valence-electron chi connectivity index (χ0n) is 16.3. The molecule has 0 saturated heterocycles. The van der Waals surface area contributed by atoms with Crippen molar-refractivity contribution in [3.05, 3.63) is 74.6 Å². The summed E-state index contributed by atoms with van der Waals surface area (Å²) < 4.78 is 2.72. The number of hydrogen-bond donors (Lipinski definition) is 2. The van der Waals surface area contributed by atoms with Gasteiger partial charge in [-0.1, -0.05) is 12.1 Å². The minimum atomic E-state index is -1.16. The first-order chi connectivity index (χ1) is 13.8. The Balaban J connectivity index is 1.85. The first kappa shape index (κ1) is 20.1. The number of aliphatic hydroxyl groups excluding tert-OH is 1. The van der Waals surface area contributed by atoms with Crippen LogP contribution in [0.15, 0.2) is 48.5 Å². The third kappa shape index (κ3) is 3.70. The van der Waals surface area contributed by atoms with Crippen molar-refractivity contribution in [3.63, 3.8) is 0 Å². The third-order valence-electron chi connectivity index (χ3n) is 5.10. The number of carbonyl (C=O) groups excluding carboxylic acids is 1. The molecule has 7 heteroatoms. The van der Waals surface area contributed by atoms with Crippen LogP contribution in [0.3, 0.4) is 0 Å². The van der Waals surface area contributed by atoms with Gasteiger partial charge in [0.25, 0.3) is 5.91 Å². The summed E-state index contributed by atoms with van der Waals surface area (Å²) in [5.41, 5.74) is 2.96. The van der Waals surface area contributed by atoms with Crippen LogP contribution in [-0.4, -0.2) is 32.4 Å². The van der Waals surface area contributed by atoms with Crippen molar-refractivity contribution in [2.24, 2.45) is 0 Å². The Kier molecular flexibility index (Phi) is 5.22. The second-order valence-electron chi connectivity index (χ2n) is 7.65. The number of rotatable bonds is 4. The van der Waals surface area contributed by atoms with Gasteiger partial charge in [0.2, 0.25) is 0 Å². The summed E-state index contributed by atoms with van der Waals surface area (Å²) in [5, 5.41) is 24.6. The zero-order chi connectivity index (χ0) is 20.8. The number of fused-ring (bicyclic) bond motifs is 1. The van der Waals surface area contributed by atoms with Crippen LogP contribution in [0.1, 0.15) is 41.2 Å². The summed E-state index contributed by atoms with van der Waals surface area (Å²) in [4.78, 5) is 15.3. The highest BCUT2D eigenvalue weighted by Crippen LogP contribution is 2.33. The second kappa shape index (κ2) is 7.55. The van der Waals surface area contributed by atoms with Crippen LogP contribution in [0.25, 0.3) is 5.69 Å². The summed E-state index contributed by atoms with van der Waals surface area (Å²) in [5.74, 6) is -0.137. The maximum Gasteiger partial charge on any atom is 0.277 e. The summed E-state index contributed by atoms with van der Waals surface area (Å²) in [7, 11) is 0. The molecule has 1 aliphatic heterocycles. The number of anilines is 1. The van der Waals surface area contributed by atoms with E-state index in [1.807, 2.05) is 36.4 Å². The summed E-state index contributed by atoms with van der Waals surface area (Å²) in [6, 6.07) is 15.1. The molecule has 2 N–H and O–H groups in total. The average molecular weight is 503 g/mol. The molecule has 150 valence electrons. The minimum absolute atomic E-state index is 0.0497. The molecule has 29 heavy (non-hydrogen) atoms. The number of carbonyl (C=O) groups is 1. The number of aromatic nitrogens is 2. The highest BCUT2D eigenvalue weighted by atomic mass is 127. The smallest absolute Gasteiger partial charge is 0.277 e. The summed E-state index contributed by atoms with van der Waals surface area (Å²) in [6.45, 7) is 3.85. The van der Waals surface area contributed by atoms with Gasteiger partial charge in [-0.25, -0.2) is 4.68 Å². The number of aliphatic hydroxyl groups is 2.